The summed E-state index contributed by atoms with van der Waals surface area (Å²) in [5.74, 6) is 0.00424. The van der Waals surface area contributed by atoms with Gasteiger partial charge >= 0.3 is 5.97 Å². The molecule has 1 atom stereocenters. The summed E-state index contributed by atoms with van der Waals surface area (Å²) in [6.45, 7) is 7.37. The Kier molecular flexibility index (Phi) is 6.78. The van der Waals surface area contributed by atoms with Gasteiger partial charge in [-0.05, 0) is 88.2 Å². The van der Waals surface area contributed by atoms with Crippen LogP contribution in [0.15, 0.2) is 30.3 Å². The van der Waals surface area contributed by atoms with Crippen molar-refractivity contribution in [3.63, 3.8) is 0 Å². The average molecular weight is 411 g/mol. The predicted molar refractivity (Wildman–Crippen MR) is 122 cm³/mol. The third-order valence-corrected chi connectivity index (χ3v) is 6.62. The number of anilines is 1. The van der Waals surface area contributed by atoms with Crippen LogP contribution < -0.4 is 9.64 Å². The summed E-state index contributed by atoms with van der Waals surface area (Å²) in [4.78, 5) is 16.8. The van der Waals surface area contributed by atoms with Crippen LogP contribution in [-0.2, 0) is 0 Å². The third kappa shape index (κ3) is 4.72. The van der Waals surface area contributed by atoms with E-state index in [2.05, 4.69) is 22.8 Å². The average Bonchev–Trinajstić information content (AvgIpc) is 2.77. The second-order valence-electron chi connectivity index (χ2n) is 8.79. The highest BCUT2D eigenvalue weighted by Gasteiger charge is 2.25. The van der Waals surface area contributed by atoms with E-state index in [0.29, 0.717) is 18.2 Å². The number of hydrogen-bond donors (Lipinski definition) is 1. The lowest BCUT2D eigenvalue weighted by atomic mass is 9.97. The van der Waals surface area contributed by atoms with Gasteiger partial charge in [-0.2, -0.15) is 0 Å². The smallest absolute Gasteiger partial charge is 0.337 e. The molecule has 2 aromatic carbocycles. The molecule has 0 amide bonds. The van der Waals surface area contributed by atoms with Gasteiger partial charge in [-0.15, -0.1) is 0 Å². The number of aromatic carboxylic acids is 1. The molecule has 2 aromatic rings. The second kappa shape index (κ2) is 9.69. The Labute approximate surface area is 179 Å². The number of likely N-dealkylation sites (tertiary alicyclic amines) is 1. The van der Waals surface area contributed by atoms with Crippen LogP contribution in [0.3, 0.4) is 0 Å². The molecule has 0 aromatic heterocycles. The Morgan fingerprint density at radius 1 is 1.07 bits per heavy atom. The fourth-order valence-corrected chi connectivity index (χ4v) is 4.95. The summed E-state index contributed by atoms with van der Waals surface area (Å²) in [5.41, 5.74) is 1.26. The molecule has 2 saturated heterocycles. The number of benzene rings is 2. The van der Waals surface area contributed by atoms with E-state index in [9.17, 15) is 9.90 Å². The molecule has 0 spiro atoms. The van der Waals surface area contributed by atoms with E-state index in [4.69, 9.17) is 4.74 Å². The molecule has 0 aliphatic carbocycles. The highest BCUT2D eigenvalue weighted by molar-refractivity contribution is 6.06. The van der Waals surface area contributed by atoms with E-state index < -0.39 is 5.97 Å². The fourth-order valence-electron chi connectivity index (χ4n) is 4.95. The summed E-state index contributed by atoms with van der Waals surface area (Å²) in [6.07, 6.45) is 8.47. The molecule has 30 heavy (non-hydrogen) atoms. The van der Waals surface area contributed by atoms with E-state index in [1.807, 2.05) is 18.2 Å². The van der Waals surface area contributed by atoms with Crippen LogP contribution in [0, 0.1) is 0 Å². The Morgan fingerprint density at radius 2 is 1.87 bits per heavy atom. The summed E-state index contributed by atoms with van der Waals surface area (Å²) in [7, 11) is 0. The second-order valence-corrected chi connectivity index (χ2v) is 8.79. The fraction of sp³-hybridized carbons (Fsp3) is 0.560. The van der Waals surface area contributed by atoms with Gasteiger partial charge in [0.2, 0.25) is 0 Å². The standard InChI is InChI=1S/C25H34N2O3/c1-19-8-3-6-16-27(19)24-22-12-10-21(18-20(22)9-11-23(24)25(28)29)30-17-7-15-26-13-4-2-5-14-26/h9-12,18-19H,2-8,13-17H2,1H3,(H,28,29). The van der Waals surface area contributed by atoms with Crippen LogP contribution in [-0.4, -0.2) is 54.8 Å². The van der Waals surface area contributed by atoms with Gasteiger partial charge < -0.3 is 19.6 Å². The molecule has 162 valence electrons. The zero-order valence-electron chi connectivity index (χ0n) is 18.1. The molecule has 5 nitrogen and oxygen atoms in total. The summed E-state index contributed by atoms with van der Waals surface area (Å²) in [5, 5.41) is 11.8. The lowest BCUT2D eigenvalue weighted by Crippen LogP contribution is -2.38. The van der Waals surface area contributed by atoms with E-state index >= 15 is 0 Å². The van der Waals surface area contributed by atoms with Crippen molar-refractivity contribution in [2.24, 2.45) is 0 Å². The van der Waals surface area contributed by atoms with Crippen molar-refractivity contribution in [3.05, 3.63) is 35.9 Å². The molecule has 4 rings (SSSR count). The zero-order chi connectivity index (χ0) is 20.9. The maximum Gasteiger partial charge on any atom is 0.337 e. The van der Waals surface area contributed by atoms with Crippen LogP contribution in [0.25, 0.3) is 10.8 Å². The molecular weight excluding hydrogens is 376 g/mol. The first-order valence-electron chi connectivity index (χ1n) is 11.6. The number of carboxylic acids is 1. The molecule has 2 aliphatic heterocycles. The number of hydrogen-bond acceptors (Lipinski definition) is 4. The van der Waals surface area contributed by atoms with E-state index in [1.54, 1.807) is 6.07 Å². The van der Waals surface area contributed by atoms with E-state index in [-0.39, 0.29) is 0 Å². The third-order valence-electron chi connectivity index (χ3n) is 6.62. The number of piperidine rings is 2. The molecule has 0 bridgehead atoms. The zero-order valence-corrected chi connectivity index (χ0v) is 18.1. The van der Waals surface area contributed by atoms with Crippen molar-refractivity contribution in [1.82, 2.24) is 4.90 Å². The van der Waals surface area contributed by atoms with Crippen LogP contribution in [0.5, 0.6) is 5.75 Å². The summed E-state index contributed by atoms with van der Waals surface area (Å²) >= 11 is 0. The largest absolute Gasteiger partial charge is 0.494 e. The van der Waals surface area contributed by atoms with Gasteiger partial charge in [0.15, 0.2) is 0 Å². The minimum atomic E-state index is -0.859. The summed E-state index contributed by atoms with van der Waals surface area (Å²) < 4.78 is 6.03. The maximum absolute atomic E-state index is 11.9. The summed E-state index contributed by atoms with van der Waals surface area (Å²) in [6, 6.07) is 10.1. The number of carboxylic acid groups (broad SMARTS) is 1. The van der Waals surface area contributed by atoms with Crippen molar-refractivity contribution in [2.45, 2.75) is 57.9 Å². The molecule has 0 radical (unpaired) electrons. The molecule has 2 heterocycles. The Morgan fingerprint density at radius 3 is 2.63 bits per heavy atom. The molecule has 1 N–H and O–H groups in total. The molecule has 5 heteroatoms. The normalized spacial score (nSPS) is 20.4. The lowest BCUT2D eigenvalue weighted by Gasteiger charge is -2.37. The monoisotopic (exact) mass is 410 g/mol. The number of rotatable bonds is 7. The minimum Gasteiger partial charge on any atom is -0.494 e. The molecule has 2 aliphatic rings. The Balaban J connectivity index is 1.50. The molecule has 2 fully saturated rings. The van der Waals surface area contributed by atoms with Crippen LogP contribution in [0.2, 0.25) is 0 Å². The van der Waals surface area contributed by atoms with E-state index in [0.717, 1.165) is 54.6 Å². The first kappa shape index (κ1) is 21.0. The quantitative estimate of drug-likeness (QED) is 0.638. The van der Waals surface area contributed by atoms with Crippen molar-refractivity contribution < 1.29 is 14.6 Å². The van der Waals surface area contributed by atoms with Gasteiger partial charge in [0.1, 0.15) is 5.75 Å². The predicted octanol–water partition coefficient (Wildman–Crippen LogP) is 5.17. The number of ether oxygens (including phenoxy) is 1. The van der Waals surface area contributed by atoms with Crippen LogP contribution in [0.4, 0.5) is 5.69 Å². The van der Waals surface area contributed by atoms with Gasteiger partial charge in [-0.1, -0.05) is 12.5 Å². The van der Waals surface area contributed by atoms with Gasteiger partial charge in [-0.25, -0.2) is 4.79 Å². The van der Waals surface area contributed by atoms with Crippen molar-refractivity contribution in [3.8, 4) is 5.75 Å². The van der Waals surface area contributed by atoms with Crippen molar-refractivity contribution in [1.29, 1.82) is 0 Å². The maximum atomic E-state index is 11.9. The van der Waals surface area contributed by atoms with Gasteiger partial charge in [-0.3, -0.25) is 0 Å². The number of nitrogens with zero attached hydrogens (tertiary/aromatic N) is 2. The number of fused-ring (bicyclic) bond motifs is 1. The number of carbonyl (C=O) groups is 1. The van der Waals surface area contributed by atoms with Gasteiger partial charge in [0.25, 0.3) is 0 Å². The first-order chi connectivity index (χ1) is 14.6. The lowest BCUT2D eigenvalue weighted by molar-refractivity contribution is 0.0697. The first-order valence-corrected chi connectivity index (χ1v) is 11.6. The minimum absolute atomic E-state index is 0.355. The molecule has 0 saturated carbocycles. The van der Waals surface area contributed by atoms with E-state index in [1.165, 1.54) is 38.8 Å². The SMILES string of the molecule is CC1CCCCN1c1c(C(=O)O)ccc2cc(OCCCN3CCCCC3)ccc12. The highest BCUT2D eigenvalue weighted by atomic mass is 16.5. The Bertz CT molecular complexity index is 876. The van der Waals surface area contributed by atoms with Crippen LogP contribution in [0.1, 0.15) is 62.2 Å². The highest BCUT2D eigenvalue weighted by Crippen LogP contribution is 2.36. The van der Waals surface area contributed by atoms with Crippen molar-refractivity contribution >= 4 is 22.4 Å². The van der Waals surface area contributed by atoms with Crippen molar-refractivity contribution in [2.75, 3.05) is 37.7 Å². The topological polar surface area (TPSA) is 53.0 Å². The van der Waals surface area contributed by atoms with Gasteiger partial charge in [0, 0.05) is 24.5 Å². The van der Waals surface area contributed by atoms with Gasteiger partial charge in [0.05, 0.1) is 17.9 Å². The Hall–Kier alpha value is -2.27. The van der Waals surface area contributed by atoms with Crippen LogP contribution >= 0.6 is 0 Å². The molecule has 1 unspecified atom stereocenters. The molecular formula is C25H34N2O3.